The van der Waals surface area contributed by atoms with Gasteiger partial charge in [0.25, 0.3) is 0 Å². The molecular weight excluding hydrogens is 248 g/mol. The maximum atomic E-state index is 11.8. The minimum atomic E-state index is 0.178. The molecule has 2 nitrogen and oxygen atoms in total. The lowest BCUT2D eigenvalue weighted by Crippen LogP contribution is -1.97. The van der Waals surface area contributed by atoms with Crippen LogP contribution in [0.1, 0.15) is 36.5 Å². The highest BCUT2D eigenvalue weighted by Gasteiger charge is 2.23. The second kappa shape index (κ2) is 5.49. The normalized spacial score (nSPS) is 14.1. The van der Waals surface area contributed by atoms with E-state index in [0.717, 1.165) is 35.3 Å². The van der Waals surface area contributed by atoms with Gasteiger partial charge in [0, 0.05) is 12.0 Å². The molecule has 0 aliphatic heterocycles. The Balaban J connectivity index is 1.89. The standard InChI is InChI=1S/C18H18O2/c1-2-18(19)15-7-3-5-13(11-15)14-6-4-8-17(12-14)20-16-9-10-16/h3-8,11-12,16H,2,9-10H2,1H3. The van der Waals surface area contributed by atoms with E-state index in [-0.39, 0.29) is 5.78 Å². The molecule has 0 saturated heterocycles. The first-order valence-corrected chi connectivity index (χ1v) is 7.16. The number of ketones is 1. The molecule has 0 atom stereocenters. The molecule has 0 spiro atoms. The van der Waals surface area contributed by atoms with Crippen molar-refractivity contribution in [1.82, 2.24) is 0 Å². The third kappa shape index (κ3) is 2.90. The minimum Gasteiger partial charge on any atom is -0.490 e. The summed E-state index contributed by atoms with van der Waals surface area (Å²) >= 11 is 0. The Labute approximate surface area is 119 Å². The topological polar surface area (TPSA) is 26.3 Å². The predicted molar refractivity (Wildman–Crippen MR) is 80.1 cm³/mol. The van der Waals surface area contributed by atoms with Crippen molar-refractivity contribution >= 4 is 5.78 Å². The van der Waals surface area contributed by atoms with Gasteiger partial charge in [-0.2, -0.15) is 0 Å². The van der Waals surface area contributed by atoms with Crippen molar-refractivity contribution in [3.8, 4) is 16.9 Å². The summed E-state index contributed by atoms with van der Waals surface area (Å²) in [6.45, 7) is 1.89. The molecule has 0 bridgehead atoms. The summed E-state index contributed by atoms with van der Waals surface area (Å²) in [5.41, 5.74) is 2.93. The van der Waals surface area contributed by atoms with E-state index >= 15 is 0 Å². The number of hydrogen-bond donors (Lipinski definition) is 0. The average molecular weight is 266 g/mol. The molecular formula is C18H18O2. The van der Waals surface area contributed by atoms with Crippen LogP contribution >= 0.6 is 0 Å². The summed E-state index contributed by atoms with van der Waals surface area (Å²) in [7, 11) is 0. The molecule has 102 valence electrons. The third-order valence-electron chi connectivity index (χ3n) is 3.50. The molecule has 1 saturated carbocycles. The van der Waals surface area contributed by atoms with Crippen LogP contribution in [0.5, 0.6) is 5.75 Å². The van der Waals surface area contributed by atoms with Gasteiger partial charge in [-0.15, -0.1) is 0 Å². The Kier molecular flexibility index (Phi) is 3.55. The van der Waals surface area contributed by atoms with Crippen LogP contribution in [0.3, 0.4) is 0 Å². The largest absolute Gasteiger partial charge is 0.490 e. The smallest absolute Gasteiger partial charge is 0.162 e. The number of ether oxygens (including phenoxy) is 1. The van der Waals surface area contributed by atoms with Crippen molar-refractivity contribution in [3.05, 3.63) is 54.1 Å². The summed E-state index contributed by atoms with van der Waals surface area (Å²) in [5, 5.41) is 0. The van der Waals surface area contributed by atoms with Crippen LogP contribution in [0.4, 0.5) is 0 Å². The average Bonchev–Trinajstić information content (AvgIpc) is 3.31. The van der Waals surface area contributed by atoms with Gasteiger partial charge in [0.1, 0.15) is 5.75 Å². The van der Waals surface area contributed by atoms with E-state index in [2.05, 4.69) is 6.07 Å². The van der Waals surface area contributed by atoms with E-state index < -0.39 is 0 Å². The zero-order chi connectivity index (χ0) is 13.9. The van der Waals surface area contributed by atoms with E-state index in [1.807, 2.05) is 49.4 Å². The van der Waals surface area contributed by atoms with Gasteiger partial charge < -0.3 is 4.74 Å². The lowest BCUT2D eigenvalue weighted by molar-refractivity contribution is 0.0988. The molecule has 0 unspecified atom stereocenters. The van der Waals surface area contributed by atoms with Gasteiger partial charge in [-0.3, -0.25) is 4.79 Å². The quantitative estimate of drug-likeness (QED) is 0.745. The molecule has 0 radical (unpaired) electrons. The summed E-state index contributed by atoms with van der Waals surface area (Å²) in [5.74, 6) is 1.09. The summed E-state index contributed by atoms with van der Waals surface area (Å²) < 4.78 is 5.82. The van der Waals surface area contributed by atoms with Crippen LogP contribution in [-0.2, 0) is 0 Å². The van der Waals surface area contributed by atoms with Gasteiger partial charge >= 0.3 is 0 Å². The van der Waals surface area contributed by atoms with E-state index in [4.69, 9.17) is 4.74 Å². The van der Waals surface area contributed by atoms with E-state index in [9.17, 15) is 4.79 Å². The van der Waals surface area contributed by atoms with Crippen molar-refractivity contribution < 1.29 is 9.53 Å². The van der Waals surface area contributed by atoms with Crippen LogP contribution in [0.25, 0.3) is 11.1 Å². The Morgan fingerprint density at radius 1 is 1.10 bits per heavy atom. The molecule has 2 aromatic rings. The zero-order valence-corrected chi connectivity index (χ0v) is 11.6. The van der Waals surface area contributed by atoms with Crippen LogP contribution in [0.15, 0.2) is 48.5 Å². The molecule has 2 heteroatoms. The predicted octanol–water partition coefficient (Wildman–Crippen LogP) is 4.49. The van der Waals surface area contributed by atoms with Crippen molar-refractivity contribution in [2.24, 2.45) is 0 Å². The highest BCUT2D eigenvalue weighted by molar-refractivity contribution is 5.97. The molecule has 20 heavy (non-hydrogen) atoms. The maximum absolute atomic E-state index is 11.8. The number of rotatable bonds is 5. The van der Waals surface area contributed by atoms with Crippen molar-refractivity contribution in [2.75, 3.05) is 0 Å². The minimum absolute atomic E-state index is 0.178. The molecule has 2 aromatic carbocycles. The molecule has 0 amide bonds. The third-order valence-corrected chi connectivity index (χ3v) is 3.50. The number of benzene rings is 2. The molecule has 1 fully saturated rings. The van der Waals surface area contributed by atoms with Gasteiger partial charge in [0.05, 0.1) is 6.10 Å². The zero-order valence-electron chi connectivity index (χ0n) is 11.6. The van der Waals surface area contributed by atoms with Crippen molar-refractivity contribution in [3.63, 3.8) is 0 Å². The second-order valence-electron chi connectivity index (χ2n) is 5.20. The summed E-state index contributed by atoms with van der Waals surface area (Å²) in [6.07, 6.45) is 3.25. The highest BCUT2D eigenvalue weighted by Crippen LogP contribution is 2.30. The monoisotopic (exact) mass is 266 g/mol. The number of Topliss-reactive ketones (excluding diaryl/α,β-unsaturated/α-hetero) is 1. The lowest BCUT2D eigenvalue weighted by atomic mass is 10.0. The molecule has 0 N–H and O–H groups in total. The maximum Gasteiger partial charge on any atom is 0.162 e. The van der Waals surface area contributed by atoms with Gasteiger partial charge in [-0.1, -0.05) is 37.3 Å². The molecule has 0 heterocycles. The highest BCUT2D eigenvalue weighted by atomic mass is 16.5. The van der Waals surface area contributed by atoms with Crippen molar-refractivity contribution in [1.29, 1.82) is 0 Å². The number of carbonyl (C=O) groups excluding carboxylic acids is 1. The van der Waals surface area contributed by atoms with E-state index in [1.165, 1.54) is 0 Å². The van der Waals surface area contributed by atoms with Crippen LogP contribution in [0, 0.1) is 0 Å². The van der Waals surface area contributed by atoms with Crippen LogP contribution < -0.4 is 4.74 Å². The van der Waals surface area contributed by atoms with Gasteiger partial charge in [-0.25, -0.2) is 0 Å². The fourth-order valence-corrected chi connectivity index (χ4v) is 2.20. The van der Waals surface area contributed by atoms with Crippen LogP contribution in [0.2, 0.25) is 0 Å². The Bertz CT molecular complexity index is 627. The molecule has 1 aliphatic rings. The van der Waals surface area contributed by atoms with Gasteiger partial charge in [-0.05, 0) is 42.2 Å². The SMILES string of the molecule is CCC(=O)c1cccc(-c2cccc(OC3CC3)c2)c1. The summed E-state index contributed by atoms with van der Waals surface area (Å²) in [6, 6.07) is 15.9. The summed E-state index contributed by atoms with van der Waals surface area (Å²) in [4.78, 5) is 11.8. The Morgan fingerprint density at radius 2 is 1.80 bits per heavy atom. The van der Waals surface area contributed by atoms with Gasteiger partial charge in [0.2, 0.25) is 0 Å². The molecule has 3 rings (SSSR count). The Hall–Kier alpha value is -2.09. The Morgan fingerprint density at radius 3 is 2.50 bits per heavy atom. The van der Waals surface area contributed by atoms with E-state index in [1.54, 1.807) is 0 Å². The number of carbonyl (C=O) groups is 1. The molecule has 0 aromatic heterocycles. The first-order valence-electron chi connectivity index (χ1n) is 7.16. The number of hydrogen-bond acceptors (Lipinski definition) is 2. The first kappa shape index (κ1) is 12.9. The van der Waals surface area contributed by atoms with Crippen molar-refractivity contribution in [2.45, 2.75) is 32.3 Å². The van der Waals surface area contributed by atoms with Crippen LogP contribution in [-0.4, -0.2) is 11.9 Å². The fraction of sp³-hybridized carbons (Fsp3) is 0.278. The van der Waals surface area contributed by atoms with Gasteiger partial charge in [0.15, 0.2) is 5.78 Å². The molecule has 1 aliphatic carbocycles. The fourth-order valence-electron chi connectivity index (χ4n) is 2.20. The second-order valence-corrected chi connectivity index (χ2v) is 5.20. The first-order chi connectivity index (χ1) is 9.76. The lowest BCUT2D eigenvalue weighted by Gasteiger charge is -2.08. The van der Waals surface area contributed by atoms with E-state index in [0.29, 0.717) is 12.5 Å².